The molecular weight excluding hydrogens is 299 g/mol. The Bertz CT molecular complexity index is 281. The molecule has 1 N–H and O–H groups in total. The van der Waals surface area contributed by atoms with Gasteiger partial charge in [0.2, 0.25) is 0 Å². The molecule has 0 spiro atoms. The molecule has 0 aromatic heterocycles. The standard InChI is InChI=1S/C13H37N2PSi3/c1-13(2,3)16(14-17(4,5)6)15(18(7,8)9)19(10,11)12/h14H,1-12H3. The van der Waals surface area contributed by atoms with Gasteiger partial charge >= 0.3 is 0 Å². The van der Waals surface area contributed by atoms with Gasteiger partial charge in [-0.1, -0.05) is 79.7 Å². The van der Waals surface area contributed by atoms with Crippen LogP contribution in [-0.2, 0) is 0 Å². The molecule has 6 heteroatoms. The van der Waals surface area contributed by atoms with Crippen LogP contribution >= 0.6 is 8.22 Å². The van der Waals surface area contributed by atoms with Crippen LogP contribution in [0.4, 0.5) is 0 Å². The van der Waals surface area contributed by atoms with Gasteiger partial charge in [0.15, 0.2) is 0 Å². The first-order valence-electron chi connectivity index (χ1n) is 7.34. The van der Waals surface area contributed by atoms with Crippen molar-refractivity contribution < 1.29 is 0 Å². The summed E-state index contributed by atoms with van der Waals surface area (Å²) in [4.78, 5) is 0. The summed E-state index contributed by atoms with van der Waals surface area (Å²) in [7, 11) is -4.15. The zero-order chi connectivity index (χ0) is 15.9. The van der Waals surface area contributed by atoms with E-state index in [0.717, 1.165) is 0 Å². The first kappa shape index (κ1) is 20.0. The summed E-state index contributed by atoms with van der Waals surface area (Å²) in [5, 5.41) is 0.343. The minimum atomic E-state index is -1.31. The quantitative estimate of drug-likeness (QED) is 0.527. The Kier molecular flexibility index (Phi) is 6.33. The zero-order valence-corrected chi connectivity index (χ0v) is 19.3. The van der Waals surface area contributed by atoms with Crippen LogP contribution in [-0.4, -0.2) is 33.9 Å². The van der Waals surface area contributed by atoms with Gasteiger partial charge in [0.1, 0.15) is 24.7 Å². The SMILES string of the molecule is CC(C)(C)P(N[Si](C)(C)C)N([Si](C)(C)C)[Si](C)(C)C. The molecule has 0 rings (SSSR count). The average molecular weight is 337 g/mol. The van der Waals surface area contributed by atoms with Crippen molar-refractivity contribution in [2.75, 3.05) is 0 Å². The topological polar surface area (TPSA) is 15.3 Å². The molecule has 0 aliphatic heterocycles. The van der Waals surface area contributed by atoms with Crippen LogP contribution in [0.25, 0.3) is 0 Å². The number of nitrogens with one attached hydrogen (secondary N) is 1. The van der Waals surface area contributed by atoms with Crippen LogP contribution in [0.15, 0.2) is 0 Å². The molecule has 0 aliphatic rings. The van der Waals surface area contributed by atoms with E-state index in [4.69, 9.17) is 0 Å². The molecular formula is C13H37N2PSi3. The van der Waals surface area contributed by atoms with Crippen LogP contribution in [0.5, 0.6) is 0 Å². The number of rotatable bonds is 5. The fourth-order valence-corrected chi connectivity index (χ4v) is 22.9. The second-order valence-corrected chi connectivity index (χ2v) is 28.0. The fourth-order valence-electron chi connectivity index (χ4n) is 2.44. The van der Waals surface area contributed by atoms with Gasteiger partial charge in [0.05, 0.1) is 0 Å². The van der Waals surface area contributed by atoms with Crippen LogP contribution in [0.3, 0.4) is 0 Å². The molecule has 0 aromatic rings. The van der Waals surface area contributed by atoms with Crippen molar-refractivity contribution in [3.8, 4) is 0 Å². The Hall–Kier alpha value is 1.00. The van der Waals surface area contributed by atoms with Crippen molar-refractivity contribution >= 4 is 32.9 Å². The molecule has 1 atom stereocenters. The first-order valence-corrected chi connectivity index (χ1v) is 19.0. The third-order valence-electron chi connectivity index (χ3n) is 2.55. The lowest BCUT2D eigenvalue weighted by molar-refractivity contribution is 0.739. The summed E-state index contributed by atoms with van der Waals surface area (Å²) < 4.78 is 7.10. The molecule has 0 saturated heterocycles. The highest BCUT2D eigenvalue weighted by atomic mass is 31.1. The Morgan fingerprint density at radius 1 is 0.737 bits per heavy atom. The summed E-state index contributed by atoms with van der Waals surface area (Å²) in [5.41, 5.74) is 0. The third kappa shape index (κ3) is 7.00. The molecule has 0 bridgehead atoms. The summed E-state index contributed by atoms with van der Waals surface area (Å²) in [5.74, 6) is 0. The monoisotopic (exact) mass is 336 g/mol. The Balaban J connectivity index is 5.66. The van der Waals surface area contributed by atoms with Crippen molar-refractivity contribution in [3.05, 3.63) is 0 Å². The molecule has 0 heterocycles. The lowest BCUT2D eigenvalue weighted by Crippen LogP contribution is -2.61. The number of hydrogen-bond donors (Lipinski definition) is 1. The maximum atomic E-state index is 4.11. The van der Waals surface area contributed by atoms with Gasteiger partial charge in [-0.05, 0) is 0 Å². The van der Waals surface area contributed by atoms with E-state index in [2.05, 4.69) is 88.4 Å². The predicted molar refractivity (Wildman–Crippen MR) is 102 cm³/mol. The van der Waals surface area contributed by atoms with Crippen molar-refractivity contribution in [2.45, 2.75) is 84.9 Å². The van der Waals surface area contributed by atoms with Crippen molar-refractivity contribution in [2.24, 2.45) is 0 Å². The zero-order valence-electron chi connectivity index (χ0n) is 15.4. The second-order valence-electron chi connectivity index (χ2n) is 9.50. The van der Waals surface area contributed by atoms with E-state index >= 15 is 0 Å². The van der Waals surface area contributed by atoms with E-state index in [1.54, 1.807) is 0 Å². The molecule has 0 radical (unpaired) electrons. The van der Waals surface area contributed by atoms with Crippen LogP contribution in [0.2, 0.25) is 58.9 Å². The summed E-state index contributed by atoms with van der Waals surface area (Å²) in [6.07, 6.45) is 0. The molecule has 0 amide bonds. The minimum absolute atomic E-state index is 0.261. The predicted octanol–water partition coefficient (Wildman–Crippen LogP) is 5.49. The van der Waals surface area contributed by atoms with Crippen molar-refractivity contribution in [1.82, 2.24) is 8.75 Å². The molecule has 0 fully saturated rings. The summed E-state index contributed by atoms with van der Waals surface area (Å²) in [6.45, 7) is 29.6. The number of hydrogen-bond acceptors (Lipinski definition) is 2. The second kappa shape index (κ2) is 6.01. The van der Waals surface area contributed by atoms with Crippen LogP contribution in [0.1, 0.15) is 20.8 Å². The van der Waals surface area contributed by atoms with Crippen LogP contribution < -0.4 is 4.75 Å². The molecule has 1 unspecified atom stereocenters. The van der Waals surface area contributed by atoms with E-state index in [9.17, 15) is 0 Å². The van der Waals surface area contributed by atoms with Gasteiger partial charge < -0.3 is 8.75 Å². The van der Waals surface area contributed by atoms with E-state index in [1.807, 2.05) is 0 Å². The fraction of sp³-hybridized carbons (Fsp3) is 1.00. The minimum Gasteiger partial charge on any atom is -0.313 e. The Morgan fingerprint density at radius 3 is 1.21 bits per heavy atom. The number of nitrogens with zero attached hydrogens (tertiary/aromatic N) is 1. The lowest BCUT2D eigenvalue weighted by atomic mass is 10.3. The van der Waals surface area contributed by atoms with Gasteiger partial charge in [-0.3, -0.25) is 0 Å². The smallest absolute Gasteiger partial charge is 0.121 e. The van der Waals surface area contributed by atoms with Crippen molar-refractivity contribution in [1.29, 1.82) is 0 Å². The maximum absolute atomic E-state index is 4.11. The normalized spacial score (nSPS) is 16.9. The summed E-state index contributed by atoms with van der Waals surface area (Å²) in [6, 6.07) is 0. The van der Waals surface area contributed by atoms with E-state index in [-0.39, 0.29) is 8.22 Å². The molecule has 116 valence electrons. The van der Waals surface area contributed by atoms with E-state index in [1.165, 1.54) is 0 Å². The van der Waals surface area contributed by atoms with Crippen molar-refractivity contribution in [3.63, 3.8) is 0 Å². The van der Waals surface area contributed by atoms with Gasteiger partial charge in [0.25, 0.3) is 0 Å². The highest BCUT2D eigenvalue weighted by Crippen LogP contribution is 2.54. The summed E-state index contributed by atoms with van der Waals surface area (Å²) >= 11 is 0. The Morgan fingerprint density at radius 2 is 1.05 bits per heavy atom. The van der Waals surface area contributed by atoms with E-state index in [0.29, 0.717) is 5.16 Å². The van der Waals surface area contributed by atoms with Gasteiger partial charge in [-0.15, -0.1) is 0 Å². The molecule has 2 nitrogen and oxygen atoms in total. The van der Waals surface area contributed by atoms with Gasteiger partial charge in [0, 0.05) is 13.4 Å². The molecule has 0 aliphatic carbocycles. The van der Waals surface area contributed by atoms with Crippen LogP contribution in [0, 0.1) is 0 Å². The highest BCUT2D eigenvalue weighted by molar-refractivity contribution is 7.61. The van der Waals surface area contributed by atoms with Gasteiger partial charge in [-0.2, -0.15) is 0 Å². The average Bonchev–Trinajstić information content (AvgIpc) is 1.91. The third-order valence-corrected chi connectivity index (χ3v) is 19.1. The molecule has 0 aromatic carbocycles. The largest absolute Gasteiger partial charge is 0.313 e. The lowest BCUT2D eigenvalue weighted by Gasteiger charge is -2.54. The van der Waals surface area contributed by atoms with E-state index < -0.39 is 24.7 Å². The van der Waals surface area contributed by atoms with Gasteiger partial charge in [-0.25, -0.2) is 0 Å². The molecule has 0 saturated carbocycles. The highest BCUT2D eigenvalue weighted by Gasteiger charge is 2.45. The molecule has 19 heavy (non-hydrogen) atoms. The first-order chi connectivity index (χ1) is 7.96. The maximum Gasteiger partial charge on any atom is 0.121 e. The Labute approximate surface area is 126 Å².